The number of likely N-dealkylation sites (tertiary alicyclic amines) is 2. The Balaban J connectivity index is 0.855. The van der Waals surface area contributed by atoms with Gasteiger partial charge in [-0.05, 0) is 55.7 Å². The number of hydrogen-bond acceptors (Lipinski definition) is 5. The lowest BCUT2D eigenvalue weighted by Gasteiger charge is -2.63. The van der Waals surface area contributed by atoms with Gasteiger partial charge in [0.1, 0.15) is 5.82 Å². The molecule has 0 unspecified atom stereocenters. The van der Waals surface area contributed by atoms with E-state index in [9.17, 15) is 18.0 Å². The number of carbonyl (C=O) groups is 1. The number of nitriles is 1. The van der Waals surface area contributed by atoms with E-state index in [1.54, 1.807) is 12.1 Å². The van der Waals surface area contributed by atoms with Crippen LogP contribution in [0.15, 0.2) is 18.2 Å². The van der Waals surface area contributed by atoms with Crippen LogP contribution in [0.2, 0.25) is 0 Å². The minimum absolute atomic E-state index is 0.113. The maximum atomic E-state index is 13.3. The lowest BCUT2D eigenvalue weighted by atomic mass is 9.56. The van der Waals surface area contributed by atoms with Gasteiger partial charge in [-0.25, -0.2) is 9.78 Å². The number of ether oxygens (including phenoxy) is 1. The van der Waals surface area contributed by atoms with Crippen LogP contribution in [0.5, 0.6) is 0 Å². The number of benzene rings is 1. The number of hydrogen-bond donors (Lipinski definition) is 1. The first-order valence-electron chi connectivity index (χ1n) is 13.3. The van der Waals surface area contributed by atoms with Gasteiger partial charge < -0.3 is 14.5 Å². The smallest absolute Gasteiger partial charge is 0.380 e. The minimum Gasteiger partial charge on any atom is -0.380 e. The van der Waals surface area contributed by atoms with Crippen molar-refractivity contribution in [3.05, 3.63) is 46.5 Å². The zero-order valence-corrected chi connectivity index (χ0v) is 20.9. The standard InChI is InChI=1S/C27H29F3N6O2/c28-27(29,30)21-4-16(1-2-18(21)9-31)3-17-5-25(6-17)12-35(13-25)24(37)36-14-26(15-36)7-19(8-26)22-32-23(34-33-22)20-10-38-11-20/h1-2,4,17,19-20H,3,5-8,10-15H2,(H,32,33,34). The molecule has 7 rings (SSSR count). The monoisotopic (exact) mass is 526 g/mol. The van der Waals surface area contributed by atoms with E-state index in [1.807, 2.05) is 9.80 Å². The summed E-state index contributed by atoms with van der Waals surface area (Å²) in [6.07, 6.45) is -0.0438. The molecule has 0 bridgehead atoms. The van der Waals surface area contributed by atoms with Gasteiger partial charge in [0.15, 0.2) is 5.82 Å². The molecule has 1 aromatic carbocycles. The fourth-order valence-electron chi connectivity index (χ4n) is 7.42. The summed E-state index contributed by atoms with van der Waals surface area (Å²) < 4.78 is 45.0. The second kappa shape index (κ2) is 8.18. The number of urea groups is 1. The third-order valence-corrected chi connectivity index (χ3v) is 9.39. The molecule has 8 nitrogen and oxygen atoms in total. The molecule has 2 aliphatic carbocycles. The second-order valence-corrected chi connectivity index (χ2v) is 12.4. The van der Waals surface area contributed by atoms with Crippen molar-refractivity contribution < 1.29 is 22.7 Å². The van der Waals surface area contributed by atoms with Gasteiger partial charge in [0, 0.05) is 42.9 Å². The molecule has 38 heavy (non-hydrogen) atoms. The van der Waals surface area contributed by atoms with Gasteiger partial charge in [0.2, 0.25) is 0 Å². The minimum atomic E-state index is -4.53. The Kier molecular flexibility index (Phi) is 5.16. The Morgan fingerprint density at radius 1 is 1.08 bits per heavy atom. The average Bonchev–Trinajstić information content (AvgIpc) is 3.19. The lowest BCUT2D eigenvalue weighted by molar-refractivity contribution is -0.137. The predicted molar refractivity (Wildman–Crippen MR) is 128 cm³/mol. The highest BCUT2D eigenvalue weighted by atomic mass is 19.4. The number of rotatable bonds is 4. The van der Waals surface area contributed by atoms with Gasteiger partial charge in [0.05, 0.1) is 36.3 Å². The van der Waals surface area contributed by atoms with Gasteiger partial charge in [-0.1, -0.05) is 6.07 Å². The van der Waals surface area contributed by atoms with Crippen molar-refractivity contribution in [3.8, 4) is 6.07 Å². The molecular weight excluding hydrogens is 497 g/mol. The van der Waals surface area contributed by atoms with Gasteiger partial charge in [-0.3, -0.25) is 5.10 Å². The summed E-state index contributed by atoms with van der Waals surface area (Å²) in [5.74, 6) is 2.83. The van der Waals surface area contributed by atoms with Crippen LogP contribution in [0.3, 0.4) is 0 Å². The molecule has 3 saturated heterocycles. The summed E-state index contributed by atoms with van der Waals surface area (Å²) in [7, 11) is 0. The molecule has 0 atom stereocenters. The highest BCUT2D eigenvalue weighted by molar-refractivity contribution is 5.77. The maximum absolute atomic E-state index is 13.3. The van der Waals surface area contributed by atoms with Crippen LogP contribution in [0.1, 0.15) is 65.9 Å². The molecule has 11 heteroatoms. The third-order valence-electron chi connectivity index (χ3n) is 9.39. The van der Waals surface area contributed by atoms with Crippen molar-refractivity contribution in [2.75, 3.05) is 39.4 Å². The number of nitrogens with one attached hydrogen (secondary N) is 1. The second-order valence-electron chi connectivity index (χ2n) is 12.4. The van der Waals surface area contributed by atoms with E-state index in [2.05, 4.69) is 15.2 Å². The molecule has 2 amide bonds. The number of aromatic nitrogens is 3. The van der Waals surface area contributed by atoms with Gasteiger partial charge >= 0.3 is 12.2 Å². The van der Waals surface area contributed by atoms with Crippen molar-refractivity contribution in [3.63, 3.8) is 0 Å². The largest absolute Gasteiger partial charge is 0.417 e. The van der Waals surface area contributed by atoms with Crippen LogP contribution in [-0.2, 0) is 17.3 Å². The van der Waals surface area contributed by atoms with Crippen molar-refractivity contribution in [1.82, 2.24) is 25.0 Å². The number of nitrogens with zero attached hydrogens (tertiary/aromatic N) is 5. The van der Waals surface area contributed by atoms with Crippen molar-refractivity contribution in [2.24, 2.45) is 16.7 Å². The first-order valence-corrected chi connectivity index (χ1v) is 13.3. The summed E-state index contributed by atoms with van der Waals surface area (Å²) in [5, 5.41) is 16.4. The molecule has 200 valence electrons. The molecule has 1 aromatic heterocycles. The number of alkyl halides is 3. The number of carbonyl (C=O) groups excluding carboxylic acids is 1. The molecule has 5 aliphatic rings. The number of halogens is 3. The van der Waals surface area contributed by atoms with Crippen LogP contribution in [-0.4, -0.2) is 70.4 Å². The zero-order chi connectivity index (χ0) is 26.3. The Bertz CT molecular complexity index is 1300. The van der Waals surface area contributed by atoms with Gasteiger partial charge in [-0.15, -0.1) is 0 Å². The van der Waals surface area contributed by atoms with Crippen molar-refractivity contribution >= 4 is 6.03 Å². The summed E-state index contributed by atoms with van der Waals surface area (Å²) >= 11 is 0. The fourth-order valence-corrected chi connectivity index (χ4v) is 7.42. The molecule has 2 aromatic rings. The van der Waals surface area contributed by atoms with Crippen LogP contribution in [0.25, 0.3) is 0 Å². The Labute approximate surface area is 218 Å². The zero-order valence-electron chi connectivity index (χ0n) is 20.9. The molecule has 0 radical (unpaired) electrons. The normalized spacial score (nSPS) is 24.3. The highest BCUT2D eigenvalue weighted by Gasteiger charge is 2.58. The molecule has 3 aliphatic heterocycles. The maximum Gasteiger partial charge on any atom is 0.417 e. The first-order chi connectivity index (χ1) is 18.1. The van der Waals surface area contributed by atoms with Gasteiger partial charge in [0.25, 0.3) is 0 Å². The number of amides is 2. The summed E-state index contributed by atoms with van der Waals surface area (Å²) in [5.41, 5.74) is -0.235. The molecule has 1 N–H and O–H groups in total. The summed E-state index contributed by atoms with van der Waals surface area (Å²) in [4.78, 5) is 21.5. The van der Waals surface area contributed by atoms with E-state index in [4.69, 9.17) is 10.00 Å². The van der Waals surface area contributed by atoms with E-state index in [0.717, 1.165) is 69.6 Å². The first kappa shape index (κ1) is 23.9. The summed E-state index contributed by atoms with van der Waals surface area (Å²) in [6.45, 7) is 4.46. The Morgan fingerprint density at radius 3 is 2.32 bits per heavy atom. The molecule has 2 saturated carbocycles. The lowest BCUT2D eigenvalue weighted by Crippen LogP contribution is -2.70. The topological polar surface area (TPSA) is 98.1 Å². The Morgan fingerprint density at radius 2 is 1.74 bits per heavy atom. The fraction of sp³-hybridized carbons (Fsp3) is 0.630. The van der Waals surface area contributed by atoms with E-state index in [-0.39, 0.29) is 22.4 Å². The molecule has 5 fully saturated rings. The molecule has 4 heterocycles. The van der Waals surface area contributed by atoms with Crippen molar-refractivity contribution in [1.29, 1.82) is 5.26 Å². The van der Waals surface area contributed by atoms with E-state index < -0.39 is 11.7 Å². The highest BCUT2D eigenvalue weighted by Crippen LogP contribution is 2.57. The number of aromatic amines is 1. The van der Waals surface area contributed by atoms with Crippen molar-refractivity contribution in [2.45, 2.75) is 50.1 Å². The molecule has 2 spiro atoms. The van der Waals surface area contributed by atoms with E-state index in [0.29, 0.717) is 43.0 Å². The number of H-pyrrole nitrogens is 1. The average molecular weight is 527 g/mol. The van der Waals surface area contributed by atoms with Crippen LogP contribution in [0.4, 0.5) is 18.0 Å². The summed E-state index contributed by atoms with van der Waals surface area (Å²) in [6, 6.07) is 5.77. The third kappa shape index (κ3) is 3.87. The van der Waals surface area contributed by atoms with E-state index >= 15 is 0 Å². The SMILES string of the molecule is N#Cc1ccc(CC2CC3(C2)CN(C(=O)N2CC4(CC(c5nc(C6COC6)n[nH]5)C4)C2)C3)cc1C(F)(F)F. The molecular formula is C27H29F3N6O2. The van der Waals surface area contributed by atoms with Crippen LogP contribution in [0, 0.1) is 28.1 Å². The quantitative estimate of drug-likeness (QED) is 0.648. The van der Waals surface area contributed by atoms with Crippen LogP contribution >= 0.6 is 0 Å². The Hall–Kier alpha value is -3.13. The van der Waals surface area contributed by atoms with Gasteiger partial charge in [-0.2, -0.15) is 23.5 Å². The predicted octanol–water partition coefficient (Wildman–Crippen LogP) is 4.06. The van der Waals surface area contributed by atoms with Crippen LogP contribution < -0.4 is 0 Å². The van der Waals surface area contributed by atoms with E-state index in [1.165, 1.54) is 6.07 Å².